The van der Waals surface area contributed by atoms with Crippen molar-refractivity contribution >= 4 is 23.7 Å². The van der Waals surface area contributed by atoms with Crippen LogP contribution in [0.25, 0.3) is 11.1 Å². The van der Waals surface area contributed by atoms with Crippen molar-refractivity contribution in [3.05, 3.63) is 72.1 Å². The van der Waals surface area contributed by atoms with Gasteiger partial charge in [0.15, 0.2) is 0 Å². The van der Waals surface area contributed by atoms with E-state index in [9.17, 15) is 14.4 Å². The lowest BCUT2D eigenvalue weighted by Crippen LogP contribution is -2.30. The Morgan fingerprint density at radius 2 is 1.74 bits per heavy atom. The summed E-state index contributed by atoms with van der Waals surface area (Å²) in [6.45, 7) is 0.508. The van der Waals surface area contributed by atoms with Crippen molar-refractivity contribution in [1.29, 1.82) is 0 Å². The van der Waals surface area contributed by atoms with Gasteiger partial charge in [0.2, 0.25) is 5.91 Å². The van der Waals surface area contributed by atoms with Gasteiger partial charge in [-0.1, -0.05) is 48.5 Å². The van der Waals surface area contributed by atoms with Crippen LogP contribution in [-0.2, 0) is 20.9 Å². The van der Waals surface area contributed by atoms with Crippen molar-refractivity contribution in [1.82, 2.24) is 15.1 Å². The van der Waals surface area contributed by atoms with Crippen molar-refractivity contribution in [2.24, 2.45) is 11.8 Å². The Balaban J connectivity index is 1.12. The molecule has 1 saturated carbocycles. The molecule has 0 saturated heterocycles. The molecule has 0 bridgehead atoms. The number of anilines is 1. The van der Waals surface area contributed by atoms with Crippen molar-refractivity contribution < 1.29 is 24.2 Å². The third-order valence-electron chi connectivity index (χ3n) is 6.33. The average molecular weight is 460 g/mol. The lowest BCUT2D eigenvalue weighted by Gasteiger charge is -2.14. The van der Waals surface area contributed by atoms with Crippen LogP contribution >= 0.6 is 0 Å². The second-order valence-electron chi connectivity index (χ2n) is 8.62. The molecule has 9 heteroatoms. The number of ether oxygens (including phenoxy) is 1. The molecular formula is C25H24N4O5. The fraction of sp³-hybridized carbons (Fsp3) is 0.280. The normalized spacial score (nSPS) is 18.0. The molecule has 2 amide bonds. The Hall–Kier alpha value is -4.14. The number of nitrogens with one attached hydrogen (secondary N) is 2. The van der Waals surface area contributed by atoms with E-state index in [1.54, 1.807) is 0 Å². The van der Waals surface area contributed by atoms with E-state index in [2.05, 4.69) is 40.0 Å². The van der Waals surface area contributed by atoms with Crippen molar-refractivity contribution in [2.75, 3.05) is 18.5 Å². The maximum atomic E-state index is 12.4. The number of amides is 2. The molecule has 1 aromatic heterocycles. The molecule has 0 radical (unpaired) electrons. The highest BCUT2D eigenvalue weighted by Crippen LogP contribution is 2.44. The van der Waals surface area contributed by atoms with Gasteiger partial charge < -0.3 is 15.2 Å². The fourth-order valence-electron chi connectivity index (χ4n) is 4.49. The molecule has 0 aliphatic heterocycles. The van der Waals surface area contributed by atoms with E-state index in [0.29, 0.717) is 18.7 Å². The van der Waals surface area contributed by atoms with Gasteiger partial charge in [-0.05, 0) is 34.6 Å². The fourth-order valence-corrected chi connectivity index (χ4v) is 4.49. The first-order valence-electron chi connectivity index (χ1n) is 11.1. The second kappa shape index (κ2) is 9.01. The van der Waals surface area contributed by atoms with Crippen LogP contribution in [0.5, 0.6) is 0 Å². The summed E-state index contributed by atoms with van der Waals surface area (Å²) in [6, 6.07) is 16.2. The van der Waals surface area contributed by atoms with Crippen LogP contribution in [0.1, 0.15) is 23.5 Å². The van der Waals surface area contributed by atoms with E-state index in [1.165, 1.54) is 17.1 Å². The third kappa shape index (κ3) is 4.50. The number of carbonyl (C=O) groups is 3. The van der Waals surface area contributed by atoms with Gasteiger partial charge in [-0.25, -0.2) is 4.79 Å². The maximum absolute atomic E-state index is 12.4. The summed E-state index contributed by atoms with van der Waals surface area (Å²) in [5, 5.41) is 18.4. The lowest BCUT2D eigenvalue weighted by molar-refractivity contribution is -0.139. The quantitative estimate of drug-likeness (QED) is 0.475. The minimum Gasteiger partial charge on any atom is -0.481 e. The van der Waals surface area contributed by atoms with Crippen LogP contribution in [-0.4, -0.2) is 46.0 Å². The highest BCUT2D eigenvalue weighted by atomic mass is 16.5. The highest BCUT2D eigenvalue weighted by molar-refractivity contribution is 5.85. The number of fused-ring (bicyclic) bond motifs is 3. The number of hydrogen-bond donors (Lipinski definition) is 3. The van der Waals surface area contributed by atoms with E-state index >= 15 is 0 Å². The summed E-state index contributed by atoms with van der Waals surface area (Å²) < 4.78 is 6.92. The van der Waals surface area contributed by atoms with Gasteiger partial charge in [-0.15, -0.1) is 0 Å². The number of rotatable bonds is 8. The minimum absolute atomic E-state index is 0.00938. The molecule has 3 aromatic rings. The Bertz CT molecular complexity index is 1210. The first-order valence-corrected chi connectivity index (χ1v) is 11.1. The number of carbonyl (C=O) groups excluding carboxylic acids is 2. The molecule has 2 aromatic carbocycles. The van der Waals surface area contributed by atoms with E-state index in [4.69, 9.17) is 9.84 Å². The molecule has 1 heterocycles. The number of aromatic nitrogens is 2. The third-order valence-corrected chi connectivity index (χ3v) is 6.33. The van der Waals surface area contributed by atoms with Crippen LogP contribution in [0.3, 0.4) is 0 Å². The summed E-state index contributed by atoms with van der Waals surface area (Å²) in [4.78, 5) is 35.3. The van der Waals surface area contributed by atoms with Gasteiger partial charge >= 0.3 is 12.1 Å². The first kappa shape index (κ1) is 21.7. The first-order chi connectivity index (χ1) is 16.5. The van der Waals surface area contributed by atoms with E-state index in [0.717, 1.165) is 22.3 Å². The van der Waals surface area contributed by atoms with Gasteiger partial charge in [0, 0.05) is 18.7 Å². The summed E-state index contributed by atoms with van der Waals surface area (Å²) in [5.41, 5.74) is 5.00. The summed E-state index contributed by atoms with van der Waals surface area (Å²) in [7, 11) is 0. The predicted molar refractivity (Wildman–Crippen MR) is 123 cm³/mol. The number of nitrogens with zero attached hydrogens (tertiary/aromatic N) is 2. The Morgan fingerprint density at radius 3 is 2.38 bits per heavy atom. The van der Waals surface area contributed by atoms with Crippen molar-refractivity contribution in [2.45, 2.75) is 18.9 Å². The lowest BCUT2D eigenvalue weighted by atomic mass is 9.98. The Morgan fingerprint density at radius 1 is 1.06 bits per heavy atom. The van der Waals surface area contributed by atoms with Gasteiger partial charge in [0.25, 0.3) is 0 Å². The maximum Gasteiger partial charge on any atom is 0.411 e. The number of carboxylic acid groups (broad SMARTS) is 1. The van der Waals surface area contributed by atoms with Crippen molar-refractivity contribution in [3.63, 3.8) is 0 Å². The molecule has 2 aliphatic carbocycles. The molecule has 34 heavy (non-hydrogen) atoms. The van der Waals surface area contributed by atoms with E-state index in [1.807, 2.05) is 24.3 Å². The topological polar surface area (TPSA) is 123 Å². The zero-order valence-electron chi connectivity index (χ0n) is 18.3. The number of carboxylic acids is 1. The molecule has 2 aliphatic rings. The zero-order valence-corrected chi connectivity index (χ0v) is 18.3. The number of aliphatic carboxylic acids is 1. The van der Waals surface area contributed by atoms with Crippen LogP contribution in [0.4, 0.5) is 10.5 Å². The standard InChI is InChI=1S/C25H24N4O5/c30-23(26-10-15-9-21(15)24(31)32)13-29-12-16(11-27-29)28-25(33)34-14-22-19-7-3-1-5-17(19)18-6-2-4-8-20(18)22/h1-8,11-12,15,21-22H,9-10,13-14H2,(H,26,30)(H,28,33)(H,31,32)/t15-,21-/m0/s1. The van der Waals surface area contributed by atoms with Crippen molar-refractivity contribution in [3.8, 4) is 11.1 Å². The molecule has 0 unspecified atom stereocenters. The molecule has 9 nitrogen and oxygen atoms in total. The molecule has 1 fully saturated rings. The SMILES string of the molecule is O=C(Cn1cc(NC(=O)OCC2c3ccccc3-c3ccccc32)cn1)NC[C@@H]1C[C@@H]1C(=O)O. The largest absolute Gasteiger partial charge is 0.481 e. The van der Waals surface area contributed by atoms with E-state index in [-0.39, 0.29) is 36.8 Å². The minimum atomic E-state index is -0.824. The number of hydrogen-bond acceptors (Lipinski definition) is 5. The average Bonchev–Trinajstić information content (AvgIpc) is 3.39. The van der Waals surface area contributed by atoms with Crippen LogP contribution in [0.15, 0.2) is 60.9 Å². The molecular weight excluding hydrogens is 436 g/mol. The van der Waals surface area contributed by atoms with Gasteiger partial charge in [-0.3, -0.25) is 19.6 Å². The van der Waals surface area contributed by atoms with Crippen LogP contribution in [0.2, 0.25) is 0 Å². The summed E-state index contributed by atoms with van der Waals surface area (Å²) in [6.07, 6.45) is 2.97. The molecule has 174 valence electrons. The van der Waals surface area contributed by atoms with Crippen LogP contribution < -0.4 is 10.6 Å². The molecule has 3 N–H and O–H groups in total. The number of benzene rings is 2. The summed E-state index contributed by atoms with van der Waals surface area (Å²) >= 11 is 0. The predicted octanol–water partition coefficient (Wildman–Crippen LogP) is 3.08. The summed E-state index contributed by atoms with van der Waals surface area (Å²) in [5.74, 6) is -1.50. The monoisotopic (exact) mass is 460 g/mol. The highest BCUT2D eigenvalue weighted by Gasteiger charge is 2.43. The smallest absolute Gasteiger partial charge is 0.411 e. The van der Waals surface area contributed by atoms with Gasteiger partial charge in [-0.2, -0.15) is 5.10 Å². The van der Waals surface area contributed by atoms with Crippen LogP contribution in [0, 0.1) is 11.8 Å². The molecule has 2 atom stereocenters. The van der Waals surface area contributed by atoms with E-state index < -0.39 is 12.1 Å². The molecule has 0 spiro atoms. The zero-order chi connectivity index (χ0) is 23.7. The van der Waals surface area contributed by atoms with Gasteiger partial charge in [0.1, 0.15) is 13.2 Å². The van der Waals surface area contributed by atoms with Gasteiger partial charge in [0.05, 0.1) is 17.8 Å². The Labute approximate surface area is 195 Å². The molecule has 5 rings (SSSR count). The Kier molecular flexibility index (Phi) is 5.75. The second-order valence-corrected chi connectivity index (χ2v) is 8.62.